The third kappa shape index (κ3) is 3.79. The summed E-state index contributed by atoms with van der Waals surface area (Å²) in [5.74, 6) is 1.25. The number of anilines is 1. The summed E-state index contributed by atoms with van der Waals surface area (Å²) in [5.41, 5.74) is 3.84. The molecule has 0 radical (unpaired) electrons. The summed E-state index contributed by atoms with van der Waals surface area (Å²) in [6, 6.07) is 11.5. The molecule has 0 unspecified atom stereocenters. The smallest absolute Gasteiger partial charge is 0.228 e. The van der Waals surface area contributed by atoms with Gasteiger partial charge in [0.15, 0.2) is 11.5 Å². The van der Waals surface area contributed by atoms with E-state index in [0.717, 1.165) is 22.4 Å². The maximum Gasteiger partial charge on any atom is 0.228 e. The van der Waals surface area contributed by atoms with Gasteiger partial charge in [0.1, 0.15) is 0 Å². The van der Waals surface area contributed by atoms with Crippen LogP contribution in [-0.4, -0.2) is 20.1 Å². The van der Waals surface area contributed by atoms with E-state index in [1.165, 1.54) is 0 Å². The van der Waals surface area contributed by atoms with E-state index in [2.05, 4.69) is 5.32 Å². The van der Waals surface area contributed by atoms with Gasteiger partial charge in [-0.3, -0.25) is 4.79 Å². The molecule has 116 valence electrons. The number of carbonyl (C=O) groups is 1. The highest BCUT2D eigenvalue weighted by Crippen LogP contribution is 2.30. The topological polar surface area (TPSA) is 47.6 Å². The van der Waals surface area contributed by atoms with Crippen molar-refractivity contribution in [2.45, 2.75) is 20.3 Å². The number of carbonyl (C=O) groups excluding carboxylic acids is 1. The predicted octanol–water partition coefficient (Wildman–Crippen LogP) is 3.50. The fourth-order valence-electron chi connectivity index (χ4n) is 2.31. The maximum atomic E-state index is 12.2. The van der Waals surface area contributed by atoms with Crippen LogP contribution in [0.5, 0.6) is 11.5 Å². The van der Waals surface area contributed by atoms with Crippen LogP contribution in [-0.2, 0) is 11.2 Å². The quantitative estimate of drug-likeness (QED) is 0.919. The molecule has 2 aromatic rings. The fraction of sp³-hybridized carbons (Fsp3) is 0.278. The highest BCUT2D eigenvalue weighted by Gasteiger charge is 2.12. The molecule has 2 rings (SSSR count). The molecule has 4 heteroatoms. The summed E-state index contributed by atoms with van der Waals surface area (Å²) in [5, 5.41) is 2.91. The average molecular weight is 299 g/mol. The average Bonchev–Trinajstić information content (AvgIpc) is 2.48. The minimum absolute atomic E-state index is 0.0547. The minimum Gasteiger partial charge on any atom is -0.493 e. The number of nitrogens with one attached hydrogen (secondary N) is 1. The first-order chi connectivity index (χ1) is 10.5. The minimum atomic E-state index is -0.0547. The summed E-state index contributed by atoms with van der Waals surface area (Å²) >= 11 is 0. The summed E-state index contributed by atoms with van der Waals surface area (Å²) in [6.45, 7) is 3.95. The van der Waals surface area contributed by atoms with E-state index >= 15 is 0 Å². The molecule has 22 heavy (non-hydrogen) atoms. The van der Waals surface area contributed by atoms with Gasteiger partial charge in [-0.25, -0.2) is 0 Å². The zero-order chi connectivity index (χ0) is 16.1. The van der Waals surface area contributed by atoms with Gasteiger partial charge in [0.25, 0.3) is 0 Å². The number of aryl methyl sites for hydroxylation is 2. The van der Waals surface area contributed by atoms with Gasteiger partial charge in [-0.1, -0.05) is 12.1 Å². The van der Waals surface area contributed by atoms with Crippen molar-refractivity contribution in [3.63, 3.8) is 0 Å². The predicted molar refractivity (Wildman–Crippen MR) is 87.8 cm³/mol. The molecule has 0 aliphatic carbocycles. The normalized spacial score (nSPS) is 10.2. The van der Waals surface area contributed by atoms with E-state index in [1.807, 2.05) is 50.2 Å². The largest absolute Gasteiger partial charge is 0.493 e. The van der Waals surface area contributed by atoms with Crippen LogP contribution in [0, 0.1) is 13.8 Å². The van der Waals surface area contributed by atoms with E-state index in [4.69, 9.17) is 9.47 Å². The lowest BCUT2D eigenvalue weighted by atomic mass is 10.0. The van der Waals surface area contributed by atoms with Gasteiger partial charge in [-0.05, 0) is 54.8 Å². The molecular formula is C18H21NO3. The SMILES string of the molecule is COc1cc(C)c(CC(=O)Nc2cccc(C)c2)cc1OC. The molecule has 0 fully saturated rings. The van der Waals surface area contributed by atoms with E-state index in [0.29, 0.717) is 17.9 Å². The summed E-state index contributed by atoms with van der Waals surface area (Å²) in [7, 11) is 3.19. The summed E-state index contributed by atoms with van der Waals surface area (Å²) < 4.78 is 10.6. The summed E-state index contributed by atoms with van der Waals surface area (Å²) in [6.07, 6.45) is 0.292. The van der Waals surface area contributed by atoms with Crippen LogP contribution in [0.4, 0.5) is 5.69 Å². The second kappa shape index (κ2) is 6.98. The Morgan fingerprint density at radius 2 is 1.73 bits per heavy atom. The first-order valence-corrected chi connectivity index (χ1v) is 7.11. The molecule has 0 bridgehead atoms. The zero-order valence-corrected chi connectivity index (χ0v) is 13.4. The Labute approximate surface area is 131 Å². The van der Waals surface area contributed by atoms with Crippen molar-refractivity contribution < 1.29 is 14.3 Å². The molecule has 1 N–H and O–H groups in total. The van der Waals surface area contributed by atoms with Crippen LogP contribution in [0.1, 0.15) is 16.7 Å². The number of methoxy groups -OCH3 is 2. The molecule has 0 heterocycles. The monoisotopic (exact) mass is 299 g/mol. The van der Waals surface area contributed by atoms with Crippen molar-refractivity contribution in [3.8, 4) is 11.5 Å². The number of hydrogen-bond acceptors (Lipinski definition) is 3. The van der Waals surface area contributed by atoms with Crippen molar-refractivity contribution in [3.05, 3.63) is 53.1 Å². The summed E-state index contributed by atoms with van der Waals surface area (Å²) in [4.78, 5) is 12.2. The first kappa shape index (κ1) is 15.9. The van der Waals surface area contributed by atoms with Crippen LogP contribution in [0.25, 0.3) is 0 Å². The fourth-order valence-corrected chi connectivity index (χ4v) is 2.31. The number of ether oxygens (including phenoxy) is 2. The van der Waals surface area contributed by atoms with E-state index in [-0.39, 0.29) is 5.91 Å². The Hall–Kier alpha value is -2.49. The van der Waals surface area contributed by atoms with Gasteiger partial charge < -0.3 is 14.8 Å². The zero-order valence-electron chi connectivity index (χ0n) is 13.4. The molecule has 1 amide bonds. The van der Waals surface area contributed by atoms with Crippen molar-refractivity contribution in [2.75, 3.05) is 19.5 Å². The Kier molecular flexibility index (Phi) is 5.04. The van der Waals surface area contributed by atoms with Crippen LogP contribution >= 0.6 is 0 Å². The maximum absolute atomic E-state index is 12.2. The highest BCUT2D eigenvalue weighted by atomic mass is 16.5. The lowest BCUT2D eigenvalue weighted by Gasteiger charge is -2.13. The number of hydrogen-bond donors (Lipinski definition) is 1. The highest BCUT2D eigenvalue weighted by molar-refractivity contribution is 5.92. The van der Waals surface area contributed by atoms with Crippen molar-refractivity contribution in [1.29, 1.82) is 0 Å². The Morgan fingerprint density at radius 3 is 2.36 bits per heavy atom. The lowest BCUT2D eigenvalue weighted by molar-refractivity contribution is -0.115. The number of benzene rings is 2. The van der Waals surface area contributed by atoms with E-state index in [1.54, 1.807) is 14.2 Å². The molecule has 4 nitrogen and oxygen atoms in total. The molecule has 0 aromatic heterocycles. The molecular weight excluding hydrogens is 278 g/mol. The molecule has 2 aromatic carbocycles. The van der Waals surface area contributed by atoms with Gasteiger partial charge in [0.05, 0.1) is 20.6 Å². The number of amides is 1. The Bertz CT molecular complexity index is 680. The van der Waals surface area contributed by atoms with Crippen LogP contribution in [0.2, 0.25) is 0 Å². The third-order valence-electron chi connectivity index (χ3n) is 3.49. The Morgan fingerprint density at radius 1 is 1.05 bits per heavy atom. The van der Waals surface area contributed by atoms with Gasteiger partial charge >= 0.3 is 0 Å². The van der Waals surface area contributed by atoms with Crippen molar-refractivity contribution >= 4 is 11.6 Å². The van der Waals surface area contributed by atoms with Crippen molar-refractivity contribution in [1.82, 2.24) is 0 Å². The molecule has 0 saturated heterocycles. The van der Waals surface area contributed by atoms with Gasteiger partial charge in [0.2, 0.25) is 5.91 Å². The molecule has 0 atom stereocenters. The van der Waals surface area contributed by atoms with E-state index in [9.17, 15) is 4.79 Å². The lowest BCUT2D eigenvalue weighted by Crippen LogP contribution is -2.15. The molecule has 0 aliphatic heterocycles. The van der Waals surface area contributed by atoms with Crippen LogP contribution in [0.15, 0.2) is 36.4 Å². The van der Waals surface area contributed by atoms with Gasteiger partial charge in [-0.15, -0.1) is 0 Å². The van der Waals surface area contributed by atoms with Gasteiger partial charge in [-0.2, -0.15) is 0 Å². The Balaban J connectivity index is 2.14. The third-order valence-corrected chi connectivity index (χ3v) is 3.49. The van der Waals surface area contributed by atoms with E-state index < -0.39 is 0 Å². The standard InChI is InChI=1S/C18H21NO3/c1-12-6-5-7-15(8-12)19-18(20)11-14-10-17(22-4)16(21-3)9-13(14)2/h5-10H,11H2,1-4H3,(H,19,20). The second-order valence-electron chi connectivity index (χ2n) is 5.23. The van der Waals surface area contributed by atoms with Gasteiger partial charge in [0, 0.05) is 5.69 Å². The van der Waals surface area contributed by atoms with Crippen LogP contribution in [0.3, 0.4) is 0 Å². The first-order valence-electron chi connectivity index (χ1n) is 7.11. The van der Waals surface area contributed by atoms with Crippen molar-refractivity contribution in [2.24, 2.45) is 0 Å². The second-order valence-corrected chi connectivity index (χ2v) is 5.23. The number of rotatable bonds is 5. The molecule has 0 spiro atoms. The molecule has 0 aliphatic rings. The molecule has 0 saturated carbocycles. The van der Waals surface area contributed by atoms with Crippen LogP contribution < -0.4 is 14.8 Å².